The molecule has 266 valence electrons. The number of carboxylic acids is 1. The molecule has 16 atom stereocenters. The number of carboxylic acid groups (broad SMARTS) is 1. The maximum absolute atomic E-state index is 12.6. The van der Waals surface area contributed by atoms with Gasteiger partial charge in [0.1, 0.15) is 67.1 Å². The van der Waals surface area contributed by atoms with Gasteiger partial charge < -0.3 is 90.5 Å². The lowest BCUT2D eigenvalue weighted by Gasteiger charge is -2.50. The minimum absolute atomic E-state index is 0.720. The Bertz CT molecular complexity index is 1050. The predicted molar refractivity (Wildman–Crippen MR) is 142 cm³/mol. The van der Waals surface area contributed by atoms with E-state index in [2.05, 4.69) is 10.6 Å². The molecule has 0 bridgehead atoms. The summed E-state index contributed by atoms with van der Waals surface area (Å²) in [5.41, 5.74) is 0. The van der Waals surface area contributed by atoms with Crippen molar-refractivity contribution >= 4 is 17.8 Å². The monoisotopic (exact) mass is 674 g/mol. The minimum Gasteiger partial charge on any atom is -0.477 e. The second-order valence-electron chi connectivity index (χ2n) is 11.2. The minimum atomic E-state index is -3.04. The number of carbonyl (C=O) groups excluding carboxylic acids is 2. The van der Waals surface area contributed by atoms with Gasteiger partial charge >= 0.3 is 5.97 Å². The zero-order valence-corrected chi connectivity index (χ0v) is 24.7. The number of ether oxygens (including phenoxy) is 5. The smallest absolute Gasteiger partial charge is 0.364 e. The lowest BCUT2D eigenvalue weighted by Crippen LogP contribution is -2.71. The third kappa shape index (κ3) is 8.08. The number of nitrogens with one attached hydrogen (secondary N) is 2. The molecule has 3 fully saturated rings. The van der Waals surface area contributed by atoms with E-state index in [9.17, 15) is 70.6 Å². The number of hydrogen-bond acceptors (Lipinski definition) is 18. The molecule has 3 aliphatic rings. The second-order valence-corrected chi connectivity index (χ2v) is 11.2. The first kappa shape index (κ1) is 38.3. The van der Waals surface area contributed by atoms with Gasteiger partial charge in [-0.15, -0.1) is 0 Å². The molecule has 3 heterocycles. The van der Waals surface area contributed by atoms with Gasteiger partial charge in [-0.25, -0.2) is 4.79 Å². The highest BCUT2D eigenvalue weighted by molar-refractivity contribution is 5.76. The SMILES string of the molecule is CC(=O)N[C@@H]1[C@@H](O[C@@H]2O[C@H](CO)[C@H](O)[C@H](O[C@]3(C(=O)O)C[C@H](O)[C@@H](NC(C)=O)[C@H]([C@H](O)[C@H](O)CO)O3)[C@H]2O)[C@@H](O)[C@@H](CO)O[C@@H]1O. The predicted octanol–water partition coefficient (Wildman–Crippen LogP) is -8.08. The fraction of sp³-hybridized carbons (Fsp3) is 0.880. The van der Waals surface area contributed by atoms with E-state index in [0.717, 1.165) is 13.8 Å². The molecule has 0 aromatic rings. The summed E-state index contributed by atoms with van der Waals surface area (Å²) in [6, 6.07) is -3.08. The van der Waals surface area contributed by atoms with Crippen LogP contribution in [0.2, 0.25) is 0 Å². The number of carbonyl (C=O) groups is 3. The van der Waals surface area contributed by atoms with Crippen LogP contribution in [0.1, 0.15) is 20.3 Å². The first-order valence-corrected chi connectivity index (χ1v) is 14.2. The zero-order valence-electron chi connectivity index (χ0n) is 24.7. The van der Waals surface area contributed by atoms with Crippen molar-refractivity contribution < 1.29 is 94.2 Å². The Morgan fingerprint density at radius 1 is 0.848 bits per heavy atom. The molecule has 0 aromatic carbocycles. The van der Waals surface area contributed by atoms with Gasteiger partial charge in [-0.2, -0.15) is 0 Å². The number of aliphatic carboxylic acids is 1. The number of aliphatic hydroxyl groups is 10. The third-order valence-electron chi connectivity index (χ3n) is 7.87. The van der Waals surface area contributed by atoms with Gasteiger partial charge in [0.25, 0.3) is 5.79 Å². The van der Waals surface area contributed by atoms with Crippen molar-refractivity contribution in [1.82, 2.24) is 10.6 Å². The maximum atomic E-state index is 12.6. The van der Waals surface area contributed by atoms with Gasteiger partial charge in [0.2, 0.25) is 11.8 Å². The normalized spacial score (nSPS) is 42.9. The van der Waals surface area contributed by atoms with E-state index >= 15 is 0 Å². The molecule has 3 saturated heterocycles. The van der Waals surface area contributed by atoms with Crippen LogP contribution in [0.4, 0.5) is 0 Å². The van der Waals surface area contributed by atoms with Crippen LogP contribution in [-0.4, -0.2) is 191 Å². The summed E-state index contributed by atoms with van der Waals surface area (Å²) in [5, 5.41) is 118. The molecule has 13 N–H and O–H groups in total. The zero-order chi connectivity index (χ0) is 34.7. The molecule has 3 rings (SSSR count). The van der Waals surface area contributed by atoms with Crippen molar-refractivity contribution in [3.8, 4) is 0 Å². The van der Waals surface area contributed by atoms with Gasteiger partial charge in [0.15, 0.2) is 12.6 Å². The van der Waals surface area contributed by atoms with Crippen LogP contribution >= 0.6 is 0 Å². The molecule has 0 aromatic heterocycles. The van der Waals surface area contributed by atoms with Crippen molar-refractivity contribution in [2.75, 3.05) is 19.8 Å². The van der Waals surface area contributed by atoms with E-state index in [1.54, 1.807) is 0 Å². The molecule has 2 amide bonds. The second kappa shape index (κ2) is 15.8. The van der Waals surface area contributed by atoms with Gasteiger partial charge in [-0.3, -0.25) is 9.59 Å². The standard InChI is InChI=1S/C25H42N2O19/c1-7(31)26-13-9(33)3-25(24(40)41,45-20(13)15(35)10(34)4-28)46-21-17(37)12(6-30)43-23(18(21)38)44-19-14(27-8(2)32)22(39)42-11(5-29)16(19)36/h9-23,28-30,33-39H,3-6H2,1-2H3,(H,26,31)(H,27,32)(H,40,41)/t9-,10+,11+,12+,13+,14+,15+,16-,17-,18+,19+,20+,21-,22-,23-,25-/m0/s1. The van der Waals surface area contributed by atoms with Gasteiger partial charge in [0, 0.05) is 20.3 Å². The molecule has 0 radical (unpaired) electrons. The molecule has 0 unspecified atom stereocenters. The number of aliphatic hydroxyl groups excluding tert-OH is 10. The maximum Gasteiger partial charge on any atom is 0.364 e. The molecule has 21 heteroatoms. The molecular formula is C25H42N2O19. The van der Waals surface area contributed by atoms with Crippen LogP contribution in [0.3, 0.4) is 0 Å². The van der Waals surface area contributed by atoms with Gasteiger partial charge in [0.05, 0.1) is 32.0 Å². The van der Waals surface area contributed by atoms with E-state index in [0.29, 0.717) is 0 Å². The highest BCUT2D eigenvalue weighted by Gasteiger charge is 2.60. The highest BCUT2D eigenvalue weighted by Crippen LogP contribution is 2.38. The molecule has 0 spiro atoms. The van der Waals surface area contributed by atoms with Crippen molar-refractivity contribution in [3.05, 3.63) is 0 Å². The Balaban J connectivity index is 1.98. The number of rotatable bonds is 12. The first-order chi connectivity index (χ1) is 21.5. The van der Waals surface area contributed by atoms with Gasteiger partial charge in [-0.05, 0) is 0 Å². The van der Waals surface area contributed by atoms with E-state index in [1.165, 1.54) is 0 Å². The van der Waals surface area contributed by atoms with Crippen molar-refractivity contribution in [1.29, 1.82) is 0 Å². The van der Waals surface area contributed by atoms with Crippen molar-refractivity contribution in [2.24, 2.45) is 0 Å². The Labute approximate surface area is 260 Å². The summed E-state index contributed by atoms with van der Waals surface area (Å²) in [4.78, 5) is 36.2. The third-order valence-corrected chi connectivity index (χ3v) is 7.87. The quantitative estimate of drug-likeness (QED) is 0.0913. The average Bonchev–Trinajstić information content (AvgIpc) is 2.99. The highest BCUT2D eigenvalue weighted by atomic mass is 16.8. The van der Waals surface area contributed by atoms with Crippen LogP contribution in [0.15, 0.2) is 0 Å². The van der Waals surface area contributed by atoms with Gasteiger partial charge in [-0.1, -0.05) is 0 Å². The van der Waals surface area contributed by atoms with E-state index in [1.807, 2.05) is 0 Å². The summed E-state index contributed by atoms with van der Waals surface area (Å²) in [6.45, 7) is -0.777. The topological polar surface area (TPSA) is 344 Å². The summed E-state index contributed by atoms with van der Waals surface area (Å²) < 4.78 is 27.3. The molecule has 21 nitrogen and oxygen atoms in total. The first-order valence-electron chi connectivity index (χ1n) is 14.2. The summed E-state index contributed by atoms with van der Waals surface area (Å²) in [5.74, 6) is -6.50. The lowest BCUT2D eigenvalue weighted by molar-refractivity contribution is -0.380. The molecule has 0 saturated carbocycles. The Kier molecular flexibility index (Phi) is 13.1. The van der Waals surface area contributed by atoms with Crippen molar-refractivity contribution in [3.63, 3.8) is 0 Å². The molecule has 46 heavy (non-hydrogen) atoms. The fourth-order valence-corrected chi connectivity index (χ4v) is 5.56. The lowest BCUT2D eigenvalue weighted by atomic mass is 9.88. The molecular weight excluding hydrogens is 632 g/mol. The summed E-state index contributed by atoms with van der Waals surface area (Å²) in [6.07, 6.45) is -25.8. The van der Waals surface area contributed by atoms with Crippen LogP contribution in [0, 0.1) is 0 Å². The summed E-state index contributed by atoms with van der Waals surface area (Å²) in [7, 11) is 0. The Morgan fingerprint density at radius 3 is 1.91 bits per heavy atom. The van der Waals surface area contributed by atoms with Crippen LogP contribution in [0.25, 0.3) is 0 Å². The van der Waals surface area contributed by atoms with Crippen LogP contribution in [-0.2, 0) is 38.1 Å². The number of hydrogen-bond donors (Lipinski definition) is 13. The van der Waals surface area contributed by atoms with E-state index in [4.69, 9.17) is 23.7 Å². The van der Waals surface area contributed by atoms with Crippen molar-refractivity contribution in [2.45, 2.75) is 118 Å². The van der Waals surface area contributed by atoms with Crippen LogP contribution in [0.5, 0.6) is 0 Å². The molecule has 3 aliphatic heterocycles. The largest absolute Gasteiger partial charge is 0.477 e. The average molecular weight is 675 g/mol. The van der Waals surface area contributed by atoms with E-state index in [-0.39, 0.29) is 0 Å². The number of amides is 2. The fourth-order valence-electron chi connectivity index (χ4n) is 5.56. The molecule has 0 aliphatic carbocycles. The van der Waals surface area contributed by atoms with Crippen LogP contribution < -0.4 is 10.6 Å². The van der Waals surface area contributed by atoms with E-state index < -0.39 is 142 Å². The Morgan fingerprint density at radius 2 is 1.39 bits per heavy atom. The Hall–Kier alpha value is -2.19. The summed E-state index contributed by atoms with van der Waals surface area (Å²) >= 11 is 0.